The fourth-order valence-corrected chi connectivity index (χ4v) is 1.17. The summed E-state index contributed by atoms with van der Waals surface area (Å²) in [6.07, 6.45) is 3.83. The standard InChI is InChI=1S/C9H21N/c1-4-8(3)6-9(5-2)7-10/h8-9H,4-7,10H2,1-3H3/t8-,9+/m1/s1. The SMILES string of the molecule is CC[C@@H](C)C[C@H](CC)CN. The van der Waals surface area contributed by atoms with Crippen LogP contribution in [0.4, 0.5) is 0 Å². The third kappa shape index (κ3) is 3.89. The van der Waals surface area contributed by atoms with Crippen molar-refractivity contribution in [3.63, 3.8) is 0 Å². The summed E-state index contributed by atoms with van der Waals surface area (Å²) >= 11 is 0. The van der Waals surface area contributed by atoms with E-state index in [0.29, 0.717) is 0 Å². The summed E-state index contributed by atoms with van der Waals surface area (Å²) in [6.45, 7) is 7.63. The zero-order chi connectivity index (χ0) is 7.98. The van der Waals surface area contributed by atoms with E-state index in [4.69, 9.17) is 5.73 Å². The van der Waals surface area contributed by atoms with Gasteiger partial charge in [-0.1, -0.05) is 33.6 Å². The van der Waals surface area contributed by atoms with Crippen molar-refractivity contribution in [2.24, 2.45) is 17.6 Å². The highest BCUT2D eigenvalue weighted by atomic mass is 14.5. The van der Waals surface area contributed by atoms with E-state index in [2.05, 4.69) is 20.8 Å². The molecule has 0 amide bonds. The summed E-state index contributed by atoms with van der Waals surface area (Å²) < 4.78 is 0. The van der Waals surface area contributed by atoms with Crippen molar-refractivity contribution in [3.8, 4) is 0 Å². The summed E-state index contributed by atoms with van der Waals surface area (Å²) in [4.78, 5) is 0. The Morgan fingerprint density at radius 2 is 1.80 bits per heavy atom. The maximum atomic E-state index is 5.59. The third-order valence-corrected chi connectivity index (χ3v) is 2.34. The normalized spacial score (nSPS) is 16.8. The van der Waals surface area contributed by atoms with Crippen molar-refractivity contribution in [2.45, 2.75) is 40.0 Å². The first kappa shape index (κ1) is 9.96. The molecule has 2 N–H and O–H groups in total. The molecule has 0 unspecified atom stereocenters. The average Bonchev–Trinajstić information content (AvgIpc) is 1.99. The molecule has 0 saturated carbocycles. The predicted molar refractivity (Wildman–Crippen MR) is 46.9 cm³/mol. The van der Waals surface area contributed by atoms with Gasteiger partial charge in [-0.3, -0.25) is 0 Å². The maximum Gasteiger partial charge on any atom is -0.00489 e. The Morgan fingerprint density at radius 1 is 1.20 bits per heavy atom. The minimum absolute atomic E-state index is 0.759. The van der Waals surface area contributed by atoms with Gasteiger partial charge in [0.25, 0.3) is 0 Å². The van der Waals surface area contributed by atoms with Crippen LogP contribution in [0.25, 0.3) is 0 Å². The van der Waals surface area contributed by atoms with Gasteiger partial charge in [0.1, 0.15) is 0 Å². The lowest BCUT2D eigenvalue weighted by Crippen LogP contribution is -2.15. The van der Waals surface area contributed by atoms with E-state index < -0.39 is 0 Å². The molecule has 2 atom stereocenters. The van der Waals surface area contributed by atoms with Gasteiger partial charge in [0.05, 0.1) is 0 Å². The van der Waals surface area contributed by atoms with Crippen molar-refractivity contribution >= 4 is 0 Å². The first-order valence-corrected chi connectivity index (χ1v) is 4.44. The summed E-state index contributed by atoms with van der Waals surface area (Å²) in [6, 6.07) is 0. The molecule has 0 fully saturated rings. The second kappa shape index (κ2) is 5.72. The van der Waals surface area contributed by atoms with Crippen molar-refractivity contribution in [1.82, 2.24) is 0 Å². The summed E-state index contributed by atoms with van der Waals surface area (Å²) in [5, 5.41) is 0. The lowest BCUT2D eigenvalue weighted by Gasteiger charge is -2.15. The van der Waals surface area contributed by atoms with Crippen LogP contribution in [0.3, 0.4) is 0 Å². The lowest BCUT2D eigenvalue weighted by atomic mass is 9.92. The van der Waals surface area contributed by atoms with Gasteiger partial charge in [-0.05, 0) is 24.8 Å². The molecule has 0 heterocycles. The van der Waals surface area contributed by atoms with Gasteiger partial charge in [-0.15, -0.1) is 0 Å². The van der Waals surface area contributed by atoms with Gasteiger partial charge in [0.2, 0.25) is 0 Å². The molecular weight excluding hydrogens is 122 g/mol. The van der Waals surface area contributed by atoms with Crippen LogP contribution in [0.5, 0.6) is 0 Å². The first-order valence-electron chi connectivity index (χ1n) is 4.44. The summed E-state index contributed by atoms with van der Waals surface area (Å²) in [5.74, 6) is 1.61. The molecule has 62 valence electrons. The van der Waals surface area contributed by atoms with Crippen LogP contribution in [0.15, 0.2) is 0 Å². The summed E-state index contributed by atoms with van der Waals surface area (Å²) in [7, 11) is 0. The quantitative estimate of drug-likeness (QED) is 0.628. The molecule has 0 aliphatic rings. The van der Waals surface area contributed by atoms with Crippen molar-refractivity contribution < 1.29 is 0 Å². The van der Waals surface area contributed by atoms with E-state index in [1.54, 1.807) is 0 Å². The maximum absolute atomic E-state index is 5.59. The largest absolute Gasteiger partial charge is 0.330 e. The van der Waals surface area contributed by atoms with Crippen molar-refractivity contribution in [3.05, 3.63) is 0 Å². The van der Waals surface area contributed by atoms with Crippen LogP contribution in [0.2, 0.25) is 0 Å². The number of hydrogen-bond acceptors (Lipinski definition) is 1. The molecule has 10 heavy (non-hydrogen) atoms. The Balaban J connectivity index is 3.41. The topological polar surface area (TPSA) is 26.0 Å². The Bertz CT molecular complexity index is 67.1. The predicted octanol–water partition coefficient (Wildman–Crippen LogP) is 2.41. The second-order valence-electron chi connectivity index (χ2n) is 3.26. The molecule has 0 aromatic rings. The molecule has 0 radical (unpaired) electrons. The van der Waals surface area contributed by atoms with E-state index in [-0.39, 0.29) is 0 Å². The Labute approximate surface area is 65.0 Å². The zero-order valence-corrected chi connectivity index (χ0v) is 7.56. The van der Waals surface area contributed by atoms with Crippen LogP contribution >= 0.6 is 0 Å². The summed E-state index contributed by atoms with van der Waals surface area (Å²) in [5.41, 5.74) is 5.59. The van der Waals surface area contributed by atoms with E-state index >= 15 is 0 Å². The average molecular weight is 143 g/mol. The van der Waals surface area contributed by atoms with Crippen LogP contribution in [-0.2, 0) is 0 Å². The Morgan fingerprint density at radius 3 is 2.10 bits per heavy atom. The number of hydrogen-bond donors (Lipinski definition) is 1. The van der Waals surface area contributed by atoms with Crippen LogP contribution in [0.1, 0.15) is 40.0 Å². The highest BCUT2D eigenvalue weighted by Gasteiger charge is 2.07. The van der Waals surface area contributed by atoms with Gasteiger partial charge in [0.15, 0.2) is 0 Å². The Kier molecular flexibility index (Phi) is 5.70. The second-order valence-corrected chi connectivity index (χ2v) is 3.26. The highest BCUT2D eigenvalue weighted by Crippen LogP contribution is 2.16. The smallest absolute Gasteiger partial charge is 0.00489 e. The van der Waals surface area contributed by atoms with Gasteiger partial charge in [-0.25, -0.2) is 0 Å². The van der Waals surface area contributed by atoms with Gasteiger partial charge < -0.3 is 5.73 Å². The van der Waals surface area contributed by atoms with Gasteiger partial charge in [-0.2, -0.15) is 0 Å². The van der Waals surface area contributed by atoms with Crippen molar-refractivity contribution in [2.75, 3.05) is 6.54 Å². The molecule has 0 bridgehead atoms. The van der Waals surface area contributed by atoms with Gasteiger partial charge >= 0.3 is 0 Å². The van der Waals surface area contributed by atoms with Crippen LogP contribution in [-0.4, -0.2) is 6.54 Å². The van der Waals surface area contributed by atoms with Crippen LogP contribution in [0, 0.1) is 11.8 Å². The fraction of sp³-hybridized carbons (Fsp3) is 1.00. The molecule has 0 aliphatic heterocycles. The number of nitrogens with two attached hydrogens (primary N) is 1. The molecule has 1 heteroatoms. The van der Waals surface area contributed by atoms with E-state index in [1.165, 1.54) is 19.3 Å². The minimum atomic E-state index is 0.759. The van der Waals surface area contributed by atoms with Gasteiger partial charge in [0, 0.05) is 0 Å². The van der Waals surface area contributed by atoms with E-state index in [1.807, 2.05) is 0 Å². The van der Waals surface area contributed by atoms with E-state index in [9.17, 15) is 0 Å². The molecule has 0 aromatic carbocycles. The third-order valence-electron chi connectivity index (χ3n) is 2.34. The first-order chi connectivity index (χ1) is 4.74. The fourth-order valence-electron chi connectivity index (χ4n) is 1.17. The zero-order valence-electron chi connectivity index (χ0n) is 7.56. The molecule has 0 aromatic heterocycles. The van der Waals surface area contributed by atoms with Crippen molar-refractivity contribution in [1.29, 1.82) is 0 Å². The van der Waals surface area contributed by atoms with Crippen LogP contribution < -0.4 is 5.73 Å². The molecular formula is C9H21N. The van der Waals surface area contributed by atoms with E-state index in [0.717, 1.165) is 18.4 Å². The molecule has 0 aliphatic carbocycles. The monoisotopic (exact) mass is 143 g/mol. The molecule has 1 nitrogen and oxygen atoms in total. The molecule has 0 saturated heterocycles. The highest BCUT2D eigenvalue weighted by molar-refractivity contribution is 4.61. The molecule has 0 spiro atoms. The number of rotatable bonds is 5. The Hall–Kier alpha value is -0.0400. The molecule has 0 rings (SSSR count). The lowest BCUT2D eigenvalue weighted by molar-refractivity contribution is 0.380. The minimum Gasteiger partial charge on any atom is -0.330 e.